The van der Waals surface area contributed by atoms with Crippen LogP contribution in [-0.4, -0.2) is 13.9 Å². The molecule has 0 amide bonds. The van der Waals surface area contributed by atoms with E-state index in [9.17, 15) is 4.21 Å². The molecule has 0 radical (unpaired) electrons. The molecule has 1 aromatic heterocycles. The number of rotatable bonds is 4. The number of hydrogen-bond acceptors (Lipinski definition) is 3. The maximum Gasteiger partial charge on any atom is 0.116 e. The number of nitrogens with one attached hydrogen (secondary N) is 1. The third-order valence-corrected chi connectivity index (χ3v) is 7.14. The molecule has 5 heteroatoms. The molecule has 4 rings (SSSR count). The number of aromatic nitrogens is 1. The van der Waals surface area contributed by atoms with Crippen LogP contribution in [0.15, 0.2) is 66.7 Å². The number of para-hydroxylation sites is 1. The van der Waals surface area contributed by atoms with Crippen LogP contribution in [0.4, 0.5) is 0 Å². The average Bonchev–Trinajstić information content (AvgIpc) is 3.08. The molecule has 3 nitrogen and oxygen atoms in total. The monoisotopic (exact) mass is 394 g/mol. The molecule has 0 bridgehead atoms. The van der Waals surface area contributed by atoms with E-state index in [2.05, 4.69) is 41.1 Å². The lowest BCUT2D eigenvalue weighted by Gasteiger charge is -2.24. The van der Waals surface area contributed by atoms with Crippen molar-refractivity contribution in [3.8, 4) is 0 Å². The van der Waals surface area contributed by atoms with E-state index < -0.39 is 11.0 Å². The molecule has 0 fully saturated rings. The largest absolute Gasteiger partial charge is 0.242 e. The van der Waals surface area contributed by atoms with Crippen LogP contribution in [0.3, 0.4) is 0 Å². The highest BCUT2D eigenvalue weighted by atomic mass is 32.2. The Morgan fingerprint density at radius 3 is 2.44 bits per heavy atom. The van der Waals surface area contributed by atoms with Crippen LogP contribution in [-0.2, 0) is 11.0 Å². The molecule has 1 N–H and O–H groups in total. The SMILES string of the molecule is CC(C)(C)S(=O)N[C@H](c1nc2ccccc2s1)c1cccc2ccccc12. The summed E-state index contributed by atoms with van der Waals surface area (Å²) in [7, 11) is -1.22. The standard InChI is InChI=1S/C22H22N2OS2/c1-22(2,3)27(25)24-20(21-23-18-13-6-7-14-19(18)26-21)17-12-8-10-15-9-4-5-11-16(15)17/h4-14,20,24H,1-3H3/t20-,27?/m0/s1. The minimum atomic E-state index is -1.22. The second kappa shape index (κ2) is 7.15. The molecule has 1 unspecified atom stereocenters. The van der Waals surface area contributed by atoms with E-state index in [0.29, 0.717) is 0 Å². The van der Waals surface area contributed by atoms with Crippen LogP contribution >= 0.6 is 11.3 Å². The number of fused-ring (bicyclic) bond motifs is 2. The minimum absolute atomic E-state index is 0.228. The normalized spacial score (nSPS) is 14.5. The van der Waals surface area contributed by atoms with Gasteiger partial charge in [-0.2, -0.15) is 0 Å². The molecule has 0 aliphatic rings. The Morgan fingerprint density at radius 2 is 1.67 bits per heavy atom. The summed E-state index contributed by atoms with van der Waals surface area (Å²) in [5.74, 6) is 0. The van der Waals surface area contributed by atoms with Gasteiger partial charge in [-0.1, -0.05) is 54.6 Å². The van der Waals surface area contributed by atoms with Gasteiger partial charge in [-0.05, 0) is 49.2 Å². The molecule has 0 saturated heterocycles. The van der Waals surface area contributed by atoms with Gasteiger partial charge in [0.25, 0.3) is 0 Å². The molecule has 27 heavy (non-hydrogen) atoms. The number of thiazole rings is 1. The maximum atomic E-state index is 12.9. The molecule has 0 aliphatic carbocycles. The van der Waals surface area contributed by atoms with E-state index in [1.54, 1.807) is 11.3 Å². The molecule has 0 saturated carbocycles. The summed E-state index contributed by atoms with van der Waals surface area (Å²) in [6, 6.07) is 22.5. The van der Waals surface area contributed by atoms with Crippen LogP contribution in [0.25, 0.3) is 21.0 Å². The van der Waals surface area contributed by atoms with Gasteiger partial charge < -0.3 is 0 Å². The molecular formula is C22H22N2OS2. The zero-order valence-corrected chi connectivity index (χ0v) is 17.2. The van der Waals surface area contributed by atoms with Crippen molar-refractivity contribution in [3.05, 3.63) is 77.3 Å². The van der Waals surface area contributed by atoms with Gasteiger partial charge in [-0.3, -0.25) is 0 Å². The Balaban J connectivity index is 1.88. The maximum absolute atomic E-state index is 12.9. The number of nitrogens with zero attached hydrogens (tertiary/aromatic N) is 1. The highest BCUT2D eigenvalue weighted by molar-refractivity contribution is 7.84. The Kier molecular flexibility index (Phi) is 4.84. The smallest absolute Gasteiger partial charge is 0.116 e. The lowest BCUT2D eigenvalue weighted by molar-refractivity contribution is 0.624. The van der Waals surface area contributed by atoms with Crippen LogP contribution in [0.2, 0.25) is 0 Å². The fourth-order valence-electron chi connectivity index (χ4n) is 3.05. The van der Waals surface area contributed by atoms with E-state index >= 15 is 0 Å². The van der Waals surface area contributed by atoms with E-state index in [-0.39, 0.29) is 10.8 Å². The fraction of sp³-hybridized carbons (Fsp3) is 0.227. The van der Waals surface area contributed by atoms with Crippen molar-refractivity contribution in [2.24, 2.45) is 0 Å². The summed E-state index contributed by atoms with van der Waals surface area (Å²) in [6.45, 7) is 5.94. The lowest BCUT2D eigenvalue weighted by atomic mass is 9.99. The first-order valence-electron chi connectivity index (χ1n) is 8.95. The second-order valence-electron chi connectivity index (χ2n) is 7.52. The van der Waals surface area contributed by atoms with Crippen molar-refractivity contribution < 1.29 is 4.21 Å². The first kappa shape index (κ1) is 18.3. The summed E-state index contributed by atoms with van der Waals surface area (Å²) in [6.07, 6.45) is 0. The van der Waals surface area contributed by atoms with Crippen molar-refractivity contribution in [2.45, 2.75) is 31.6 Å². The van der Waals surface area contributed by atoms with Crippen molar-refractivity contribution >= 4 is 43.3 Å². The predicted molar refractivity (Wildman–Crippen MR) is 116 cm³/mol. The van der Waals surface area contributed by atoms with Crippen molar-refractivity contribution in [3.63, 3.8) is 0 Å². The third kappa shape index (κ3) is 3.68. The molecule has 4 aromatic rings. The first-order chi connectivity index (χ1) is 12.9. The molecule has 138 valence electrons. The highest BCUT2D eigenvalue weighted by Gasteiger charge is 2.27. The summed E-state index contributed by atoms with van der Waals surface area (Å²) in [5.41, 5.74) is 2.08. The van der Waals surface area contributed by atoms with Gasteiger partial charge in [-0.15, -0.1) is 11.3 Å². The Labute approximate surface area is 166 Å². The summed E-state index contributed by atoms with van der Waals surface area (Å²) in [5, 5.41) is 3.26. The van der Waals surface area contributed by atoms with E-state index in [1.807, 2.05) is 51.1 Å². The van der Waals surface area contributed by atoms with Gasteiger partial charge >= 0.3 is 0 Å². The van der Waals surface area contributed by atoms with Gasteiger partial charge in [0.15, 0.2) is 0 Å². The fourth-order valence-corrected chi connectivity index (χ4v) is 4.97. The van der Waals surface area contributed by atoms with Crippen LogP contribution < -0.4 is 4.72 Å². The van der Waals surface area contributed by atoms with Gasteiger partial charge in [0.05, 0.1) is 32.0 Å². The second-order valence-corrected chi connectivity index (χ2v) is 10.6. The zero-order chi connectivity index (χ0) is 19.0. The topological polar surface area (TPSA) is 42.0 Å². The third-order valence-electron chi connectivity index (χ3n) is 4.47. The van der Waals surface area contributed by atoms with Gasteiger partial charge in [0.1, 0.15) is 5.01 Å². The Hall–Kier alpha value is -2.08. The highest BCUT2D eigenvalue weighted by Crippen LogP contribution is 2.34. The summed E-state index contributed by atoms with van der Waals surface area (Å²) in [4.78, 5) is 4.85. The average molecular weight is 395 g/mol. The molecule has 0 aliphatic heterocycles. The summed E-state index contributed by atoms with van der Waals surface area (Å²) < 4.78 is 17.1. The van der Waals surface area contributed by atoms with Crippen molar-refractivity contribution in [1.82, 2.24) is 9.71 Å². The number of hydrogen-bond donors (Lipinski definition) is 1. The van der Waals surface area contributed by atoms with Gasteiger partial charge in [-0.25, -0.2) is 13.9 Å². The molecule has 2 atom stereocenters. The lowest BCUT2D eigenvalue weighted by Crippen LogP contribution is -2.36. The summed E-state index contributed by atoms with van der Waals surface area (Å²) >= 11 is 1.65. The molecule has 1 heterocycles. The predicted octanol–water partition coefficient (Wildman–Crippen LogP) is 5.59. The molecule has 0 spiro atoms. The first-order valence-corrected chi connectivity index (χ1v) is 10.9. The Bertz CT molecular complexity index is 1090. The van der Waals surface area contributed by atoms with E-state index in [0.717, 1.165) is 26.2 Å². The Morgan fingerprint density at radius 1 is 0.963 bits per heavy atom. The van der Waals surface area contributed by atoms with Crippen LogP contribution in [0.1, 0.15) is 37.4 Å². The molecule has 3 aromatic carbocycles. The quantitative estimate of drug-likeness (QED) is 0.490. The van der Waals surface area contributed by atoms with Crippen LogP contribution in [0.5, 0.6) is 0 Å². The van der Waals surface area contributed by atoms with Crippen LogP contribution in [0, 0.1) is 0 Å². The van der Waals surface area contributed by atoms with Crippen molar-refractivity contribution in [1.29, 1.82) is 0 Å². The van der Waals surface area contributed by atoms with E-state index in [1.165, 1.54) is 5.39 Å². The van der Waals surface area contributed by atoms with Gasteiger partial charge in [0, 0.05) is 0 Å². The van der Waals surface area contributed by atoms with Crippen molar-refractivity contribution in [2.75, 3.05) is 0 Å². The minimum Gasteiger partial charge on any atom is -0.242 e. The van der Waals surface area contributed by atoms with Gasteiger partial charge in [0.2, 0.25) is 0 Å². The zero-order valence-electron chi connectivity index (χ0n) is 15.6. The molecular weight excluding hydrogens is 372 g/mol. The van der Waals surface area contributed by atoms with E-state index in [4.69, 9.17) is 4.98 Å². The number of benzene rings is 3.